The largest absolute Gasteiger partial charge is 0.611 e. The van der Waals surface area contributed by atoms with Gasteiger partial charge in [-0.05, 0) is 6.07 Å². The quantitative estimate of drug-likeness (QED) is 0.382. The molecule has 0 bridgehead atoms. The predicted octanol–water partition coefficient (Wildman–Crippen LogP) is 3.64. The van der Waals surface area contributed by atoms with Crippen molar-refractivity contribution in [2.75, 3.05) is 25.2 Å². The molecule has 4 aromatic heterocycles. The number of hydrogen-bond acceptors (Lipinski definition) is 8. The second kappa shape index (κ2) is 8.47. The molecule has 162 valence electrons. The molecule has 0 fully saturated rings. The molecule has 10 heteroatoms. The predicted molar refractivity (Wildman–Crippen MR) is 128 cm³/mol. The Morgan fingerprint density at radius 2 is 2.00 bits per heavy atom. The number of aryl methyl sites for hydroxylation is 1. The summed E-state index contributed by atoms with van der Waals surface area (Å²) in [6.45, 7) is 0.388. The van der Waals surface area contributed by atoms with E-state index in [4.69, 9.17) is 20.4 Å². The van der Waals surface area contributed by atoms with Gasteiger partial charge in [0.1, 0.15) is 16.3 Å². The van der Waals surface area contributed by atoms with Gasteiger partial charge in [-0.1, -0.05) is 41.7 Å². The molecule has 0 unspecified atom stereocenters. The summed E-state index contributed by atoms with van der Waals surface area (Å²) in [5.74, 6) is 0.904. The van der Waals surface area contributed by atoms with E-state index in [9.17, 15) is 4.55 Å². The second-order valence-electron chi connectivity index (χ2n) is 7.23. The maximum atomic E-state index is 12.8. The van der Waals surface area contributed by atoms with E-state index in [-0.39, 0.29) is 0 Å². The first-order valence-electron chi connectivity index (χ1n) is 9.87. The van der Waals surface area contributed by atoms with Gasteiger partial charge in [-0.3, -0.25) is 4.68 Å². The molecule has 0 aliphatic heterocycles. The summed E-state index contributed by atoms with van der Waals surface area (Å²) in [6, 6.07) is 11.8. The minimum atomic E-state index is -1.28. The highest BCUT2D eigenvalue weighted by molar-refractivity contribution is 7.93. The van der Waals surface area contributed by atoms with Gasteiger partial charge in [0, 0.05) is 54.2 Å². The average molecular weight is 465 g/mol. The first-order chi connectivity index (χ1) is 15.5. The van der Waals surface area contributed by atoms with E-state index in [0.29, 0.717) is 44.3 Å². The lowest BCUT2D eigenvalue weighted by molar-refractivity contribution is 0.217. The number of benzene rings is 1. The minimum absolute atomic E-state index is 0.371. The van der Waals surface area contributed by atoms with Crippen molar-refractivity contribution in [3.63, 3.8) is 0 Å². The number of methoxy groups -OCH3 is 1. The Morgan fingerprint density at radius 1 is 1.19 bits per heavy atom. The topological polar surface area (TPSA) is 115 Å². The molecule has 2 N–H and O–H groups in total. The standard InChI is InChI=1S/C22H20N6O2S2/c1-28-12-15-10-14(11-24-19(15)27-28)20-25-18(13-6-4-3-5-7-13)16-17(23)22(31-21(16)26-20)32(29)9-8-30-2/h3-7,10-12H,8-9,23H2,1-2H3/t32-/m0/s1. The minimum Gasteiger partial charge on any atom is -0.611 e. The lowest BCUT2D eigenvalue weighted by Crippen LogP contribution is -2.11. The van der Waals surface area contributed by atoms with Crippen LogP contribution in [0.15, 0.2) is 53.0 Å². The Bertz CT molecular complexity index is 1420. The van der Waals surface area contributed by atoms with E-state index >= 15 is 0 Å². The normalized spacial score (nSPS) is 12.6. The van der Waals surface area contributed by atoms with E-state index in [1.807, 2.05) is 49.6 Å². The summed E-state index contributed by atoms with van der Waals surface area (Å²) >= 11 is 0.0574. The third kappa shape index (κ3) is 3.71. The zero-order chi connectivity index (χ0) is 22.2. The molecule has 0 aliphatic carbocycles. The molecule has 0 spiro atoms. The van der Waals surface area contributed by atoms with Crippen molar-refractivity contribution < 1.29 is 9.29 Å². The molecule has 1 aromatic carbocycles. The summed E-state index contributed by atoms with van der Waals surface area (Å²) < 4.78 is 20.2. The van der Waals surface area contributed by atoms with Crippen molar-refractivity contribution in [3.8, 4) is 22.6 Å². The van der Waals surface area contributed by atoms with E-state index < -0.39 is 11.2 Å². The molecule has 0 saturated heterocycles. The van der Waals surface area contributed by atoms with Crippen LogP contribution in [0.2, 0.25) is 0 Å². The fraction of sp³-hybridized carbons (Fsp3) is 0.182. The van der Waals surface area contributed by atoms with Crippen molar-refractivity contribution in [1.82, 2.24) is 24.7 Å². The van der Waals surface area contributed by atoms with E-state index in [1.165, 1.54) is 11.3 Å². The average Bonchev–Trinajstić information content (AvgIpc) is 3.35. The van der Waals surface area contributed by atoms with Crippen molar-refractivity contribution in [1.29, 1.82) is 0 Å². The van der Waals surface area contributed by atoms with Gasteiger partial charge < -0.3 is 15.0 Å². The molecule has 5 rings (SSSR count). The van der Waals surface area contributed by atoms with Crippen LogP contribution in [0.5, 0.6) is 0 Å². The van der Waals surface area contributed by atoms with Crippen LogP contribution in [0.25, 0.3) is 43.9 Å². The number of rotatable bonds is 6. The number of anilines is 1. The van der Waals surface area contributed by atoms with Gasteiger partial charge in [-0.25, -0.2) is 15.0 Å². The number of thiophene rings is 1. The third-order valence-corrected chi connectivity index (χ3v) is 7.89. The van der Waals surface area contributed by atoms with E-state index in [1.54, 1.807) is 18.0 Å². The van der Waals surface area contributed by atoms with Gasteiger partial charge >= 0.3 is 0 Å². The first-order valence-corrected chi connectivity index (χ1v) is 12.0. The van der Waals surface area contributed by atoms with Crippen LogP contribution in [0.1, 0.15) is 0 Å². The number of hydrogen-bond donors (Lipinski definition) is 1. The molecule has 0 saturated carbocycles. The fourth-order valence-corrected chi connectivity index (χ4v) is 6.05. The van der Waals surface area contributed by atoms with E-state index in [2.05, 4.69) is 10.1 Å². The highest BCUT2D eigenvalue weighted by Gasteiger charge is 2.25. The lowest BCUT2D eigenvalue weighted by atomic mass is 10.1. The molecule has 0 aliphatic rings. The third-order valence-electron chi connectivity index (χ3n) is 5.01. The summed E-state index contributed by atoms with van der Waals surface area (Å²) in [5.41, 5.74) is 10.0. The zero-order valence-corrected chi connectivity index (χ0v) is 19.1. The monoisotopic (exact) mass is 464 g/mol. The lowest BCUT2D eigenvalue weighted by Gasteiger charge is -2.09. The van der Waals surface area contributed by atoms with Crippen LogP contribution in [0.3, 0.4) is 0 Å². The molecule has 0 radical (unpaired) electrons. The van der Waals surface area contributed by atoms with Crippen LogP contribution in [0.4, 0.5) is 5.69 Å². The Kier molecular flexibility index (Phi) is 5.51. The number of nitrogens with zero attached hydrogens (tertiary/aromatic N) is 5. The van der Waals surface area contributed by atoms with Gasteiger partial charge in [0.15, 0.2) is 11.5 Å². The van der Waals surface area contributed by atoms with Crippen LogP contribution >= 0.6 is 11.3 Å². The van der Waals surface area contributed by atoms with Crippen LogP contribution in [0, 0.1) is 0 Å². The molecule has 4 heterocycles. The number of ether oxygens (including phenoxy) is 1. The molecule has 0 amide bonds. The Morgan fingerprint density at radius 3 is 2.78 bits per heavy atom. The Hall–Kier alpha value is -3.05. The number of nitrogens with two attached hydrogens (primary N) is 1. The summed E-state index contributed by atoms with van der Waals surface area (Å²) in [5, 5.41) is 5.96. The zero-order valence-electron chi connectivity index (χ0n) is 17.5. The molecule has 32 heavy (non-hydrogen) atoms. The molecule has 1 atom stereocenters. The molecule has 5 aromatic rings. The highest BCUT2D eigenvalue weighted by atomic mass is 32.2. The van der Waals surface area contributed by atoms with Gasteiger partial charge in [-0.15, -0.1) is 0 Å². The van der Waals surface area contributed by atoms with Crippen LogP contribution in [-0.4, -0.2) is 48.8 Å². The Labute approximate surface area is 191 Å². The summed E-state index contributed by atoms with van der Waals surface area (Å²) in [4.78, 5) is 14.8. The number of nitrogen functional groups attached to an aromatic ring is 1. The maximum Gasteiger partial charge on any atom is 0.232 e. The van der Waals surface area contributed by atoms with Crippen molar-refractivity contribution >= 4 is 49.5 Å². The molecule has 8 nitrogen and oxygen atoms in total. The number of aromatic nitrogens is 5. The van der Waals surface area contributed by atoms with Crippen molar-refractivity contribution in [3.05, 3.63) is 48.8 Å². The highest BCUT2D eigenvalue weighted by Crippen LogP contribution is 2.42. The summed E-state index contributed by atoms with van der Waals surface area (Å²) in [7, 11) is 3.45. The van der Waals surface area contributed by atoms with E-state index in [0.717, 1.165) is 21.9 Å². The van der Waals surface area contributed by atoms with Crippen molar-refractivity contribution in [2.24, 2.45) is 7.05 Å². The smallest absolute Gasteiger partial charge is 0.232 e. The van der Waals surface area contributed by atoms with Gasteiger partial charge in [0.05, 0.1) is 17.7 Å². The first kappa shape index (κ1) is 20.8. The number of fused-ring (bicyclic) bond motifs is 2. The maximum absolute atomic E-state index is 12.8. The van der Waals surface area contributed by atoms with Crippen LogP contribution in [-0.2, 0) is 23.0 Å². The van der Waals surface area contributed by atoms with Gasteiger partial charge in [0.2, 0.25) is 4.21 Å². The molecular formula is C22H20N6O2S2. The molecular weight excluding hydrogens is 444 g/mol. The Balaban J connectivity index is 1.72. The fourth-order valence-electron chi connectivity index (χ4n) is 3.51. The number of pyridine rings is 1. The van der Waals surface area contributed by atoms with Crippen molar-refractivity contribution in [2.45, 2.75) is 4.21 Å². The van der Waals surface area contributed by atoms with Gasteiger partial charge in [0.25, 0.3) is 0 Å². The van der Waals surface area contributed by atoms with Gasteiger partial charge in [-0.2, -0.15) is 5.10 Å². The summed E-state index contributed by atoms with van der Waals surface area (Å²) in [6.07, 6.45) is 3.63. The SMILES string of the molecule is COCC[S@+]([O-])c1sc2nc(-c3cnc4nn(C)cc4c3)nc(-c3ccccc3)c2c1N. The van der Waals surface area contributed by atoms with Crippen LogP contribution < -0.4 is 5.73 Å². The second-order valence-corrected chi connectivity index (χ2v) is 9.99.